The van der Waals surface area contributed by atoms with Crippen molar-refractivity contribution < 1.29 is 9.59 Å². The zero-order valence-electron chi connectivity index (χ0n) is 9.14. The molecule has 1 fully saturated rings. The SMILES string of the molecule is CC1CC(=O)N(Cc2cccc(N)c2)C1=O. The maximum Gasteiger partial charge on any atom is 0.232 e. The Morgan fingerprint density at radius 3 is 2.75 bits per heavy atom. The summed E-state index contributed by atoms with van der Waals surface area (Å²) >= 11 is 0. The van der Waals surface area contributed by atoms with E-state index in [0.717, 1.165) is 5.56 Å². The molecule has 0 aliphatic carbocycles. The zero-order chi connectivity index (χ0) is 11.7. The molecule has 0 radical (unpaired) electrons. The highest BCUT2D eigenvalue weighted by molar-refractivity contribution is 6.03. The highest BCUT2D eigenvalue weighted by atomic mass is 16.2. The predicted octanol–water partition coefficient (Wildman–Crippen LogP) is 1.16. The monoisotopic (exact) mass is 218 g/mol. The van der Waals surface area contributed by atoms with E-state index >= 15 is 0 Å². The van der Waals surface area contributed by atoms with Crippen LogP contribution >= 0.6 is 0 Å². The Labute approximate surface area is 94.0 Å². The van der Waals surface area contributed by atoms with Gasteiger partial charge in [-0.15, -0.1) is 0 Å². The van der Waals surface area contributed by atoms with Crippen LogP contribution in [0.1, 0.15) is 18.9 Å². The number of hydrogen-bond donors (Lipinski definition) is 1. The van der Waals surface area contributed by atoms with Gasteiger partial charge in [0.2, 0.25) is 11.8 Å². The number of nitrogen functional groups attached to an aromatic ring is 1. The Hall–Kier alpha value is -1.84. The molecule has 1 aromatic rings. The number of nitrogens with two attached hydrogens (primary N) is 1. The van der Waals surface area contributed by atoms with Gasteiger partial charge in [0, 0.05) is 18.0 Å². The number of rotatable bonds is 2. The van der Waals surface area contributed by atoms with Crippen molar-refractivity contribution in [2.45, 2.75) is 19.9 Å². The maximum absolute atomic E-state index is 11.7. The fraction of sp³-hybridized carbons (Fsp3) is 0.333. The summed E-state index contributed by atoms with van der Waals surface area (Å²) < 4.78 is 0. The molecule has 1 heterocycles. The molecule has 1 aliphatic rings. The Morgan fingerprint density at radius 1 is 1.44 bits per heavy atom. The van der Waals surface area contributed by atoms with E-state index in [2.05, 4.69) is 0 Å². The van der Waals surface area contributed by atoms with Crippen LogP contribution in [-0.2, 0) is 16.1 Å². The summed E-state index contributed by atoms with van der Waals surface area (Å²) in [4.78, 5) is 24.5. The standard InChI is InChI=1S/C12H14N2O2/c1-8-5-11(15)14(12(8)16)7-9-3-2-4-10(13)6-9/h2-4,6,8H,5,7,13H2,1H3. The van der Waals surface area contributed by atoms with Crippen molar-refractivity contribution in [3.8, 4) is 0 Å². The number of carbonyl (C=O) groups excluding carboxylic acids is 2. The maximum atomic E-state index is 11.7. The molecule has 1 unspecified atom stereocenters. The molecule has 1 aromatic carbocycles. The van der Waals surface area contributed by atoms with Crippen molar-refractivity contribution in [1.82, 2.24) is 4.90 Å². The number of anilines is 1. The summed E-state index contributed by atoms with van der Waals surface area (Å²) in [6.07, 6.45) is 0.321. The topological polar surface area (TPSA) is 63.4 Å². The Kier molecular flexibility index (Phi) is 2.64. The van der Waals surface area contributed by atoms with Gasteiger partial charge in [0.05, 0.1) is 6.54 Å². The summed E-state index contributed by atoms with van der Waals surface area (Å²) in [6, 6.07) is 7.24. The molecule has 1 atom stereocenters. The van der Waals surface area contributed by atoms with Gasteiger partial charge in [-0.1, -0.05) is 19.1 Å². The lowest BCUT2D eigenvalue weighted by Crippen LogP contribution is -2.29. The van der Waals surface area contributed by atoms with Gasteiger partial charge in [0.25, 0.3) is 0 Å². The Balaban J connectivity index is 2.16. The third-order valence-electron chi connectivity index (χ3n) is 2.76. The molecule has 0 aromatic heterocycles. The van der Waals surface area contributed by atoms with Gasteiger partial charge in [0.15, 0.2) is 0 Å². The van der Waals surface area contributed by atoms with Crippen LogP contribution in [0, 0.1) is 5.92 Å². The summed E-state index contributed by atoms with van der Waals surface area (Å²) in [7, 11) is 0. The van der Waals surface area contributed by atoms with Crippen LogP contribution in [0.15, 0.2) is 24.3 Å². The molecule has 2 rings (SSSR count). The van der Waals surface area contributed by atoms with Crippen LogP contribution in [0.2, 0.25) is 0 Å². The number of imide groups is 1. The van der Waals surface area contributed by atoms with Gasteiger partial charge in [0.1, 0.15) is 0 Å². The average Bonchev–Trinajstić information content (AvgIpc) is 2.45. The van der Waals surface area contributed by atoms with Gasteiger partial charge in [-0.3, -0.25) is 14.5 Å². The number of amides is 2. The van der Waals surface area contributed by atoms with E-state index in [-0.39, 0.29) is 17.7 Å². The molecule has 0 saturated carbocycles. The van der Waals surface area contributed by atoms with Gasteiger partial charge in [-0.05, 0) is 17.7 Å². The second-order valence-electron chi connectivity index (χ2n) is 4.17. The molecule has 2 amide bonds. The van der Waals surface area contributed by atoms with Crippen molar-refractivity contribution >= 4 is 17.5 Å². The summed E-state index contributed by atoms with van der Waals surface area (Å²) in [5, 5.41) is 0. The molecule has 84 valence electrons. The molecule has 0 spiro atoms. The van der Waals surface area contributed by atoms with Crippen LogP contribution in [0.3, 0.4) is 0 Å². The van der Waals surface area contributed by atoms with E-state index in [0.29, 0.717) is 18.7 Å². The van der Waals surface area contributed by atoms with Crippen LogP contribution in [0.5, 0.6) is 0 Å². The molecule has 2 N–H and O–H groups in total. The first-order valence-electron chi connectivity index (χ1n) is 5.26. The minimum atomic E-state index is -0.187. The first kappa shape index (κ1) is 10.7. The molecular formula is C12H14N2O2. The fourth-order valence-electron chi connectivity index (χ4n) is 1.89. The van der Waals surface area contributed by atoms with E-state index < -0.39 is 0 Å². The number of hydrogen-bond acceptors (Lipinski definition) is 3. The van der Waals surface area contributed by atoms with Crippen LogP contribution in [0.25, 0.3) is 0 Å². The van der Waals surface area contributed by atoms with E-state index in [1.165, 1.54) is 4.90 Å². The molecule has 1 saturated heterocycles. The van der Waals surface area contributed by atoms with Gasteiger partial charge < -0.3 is 5.73 Å². The fourth-order valence-corrected chi connectivity index (χ4v) is 1.89. The number of likely N-dealkylation sites (tertiary alicyclic amines) is 1. The number of carbonyl (C=O) groups is 2. The number of benzene rings is 1. The van der Waals surface area contributed by atoms with Crippen LogP contribution < -0.4 is 5.73 Å². The smallest absolute Gasteiger partial charge is 0.232 e. The van der Waals surface area contributed by atoms with E-state index in [1.807, 2.05) is 12.1 Å². The minimum Gasteiger partial charge on any atom is -0.399 e. The Bertz CT molecular complexity index is 442. The highest BCUT2D eigenvalue weighted by Gasteiger charge is 2.35. The lowest BCUT2D eigenvalue weighted by molar-refractivity contribution is -0.139. The molecule has 4 heteroatoms. The molecule has 4 nitrogen and oxygen atoms in total. The number of nitrogens with zero attached hydrogens (tertiary/aromatic N) is 1. The third kappa shape index (κ3) is 1.91. The second kappa shape index (κ2) is 3.96. The van der Waals surface area contributed by atoms with Gasteiger partial charge >= 0.3 is 0 Å². The minimum absolute atomic E-state index is 0.0903. The van der Waals surface area contributed by atoms with Crippen LogP contribution in [0.4, 0.5) is 5.69 Å². The Morgan fingerprint density at radius 2 is 2.19 bits per heavy atom. The largest absolute Gasteiger partial charge is 0.399 e. The third-order valence-corrected chi connectivity index (χ3v) is 2.76. The molecule has 1 aliphatic heterocycles. The summed E-state index contributed by atoms with van der Waals surface area (Å²) in [5.74, 6) is -0.374. The molecule has 16 heavy (non-hydrogen) atoms. The average molecular weight is 218 g/mol. The van der Waals surface area contributed by atoms with Crippen LogP contribution in [-0.4, -0.2) is 16.7 Å². The second-order valence-corrected chi connectivity index (χ2v) is 4.17. The normalized spacial score (nSPS) is 20.6. The lowest BCUT2D eigenvalue weighted by atomic mass is 10.1. The lowest BCUT2D eigenvalue weighted by Gasteiger charge is -2.14. The van der Waals surface area contributed by atoms with Crippen molar-refractivity contribution in [3.05, 3.63) is 29.8 Å². The van der Waals surface area contributed by atoms with Gasteiger partial charge in [-0.2, -0.15) is 0 Å². The van der Waals surface area contributed by atoms with Crippen molar-refractivity contribution in [2.75, 3.05) is 5.73 Å². The van der Waals surface area contributed by atoms with E-state index in [1.54, 1.807) is 19.1 Å². The molecule has 0 bridgehead atoms. The van der Waals surface area contributed by atoms with Crippen molar-refractivity contribution in [1.29, 1.82) is 0 Å². The summed E-state index contributed by atoms with van der Waals surface area (Å²) in [6.45, 7) is 2.10. The predicted molar refractivity (Wildman–Crippen MR) is 60.2 cm³/mol. The van der Waals surface area contributed by atoms with Crippen molar-refractivity contribution in [3.63, 3.8) is 0 Å². The molecular weight excluding hydrogens is 204 g/mol. The van der Waals surface area contributed by atoms with Gasteiger partial charge in [-0.25, -0.2) is 0 Å². The first-order valence-corrected chi connectivity index (χ1v) is 5.26. The van der Waals surface area contributed by atoms with E-state index in [9.17, 15) is 9.59 Å². The van der Waals surface area contributed by atoms with Crippen molar-refractivity contribution in [2.24, 2.45) is 5.92 Å². The first-order chi connectivity index (χ1) is 7.58. The zero-order valence-corrected chi connectivity index (χ0v) is 9.14. The highest BCUT2D eigenvalue weighted by Crippen LogP contribution is 2.21. The van der Waals surface area contributed by atoms with E-state index in [4.69, 9.17) is 5.73 Å². The quantitative estimate of drug-likeness (QED) is 0.598. The summed E-state index contributed by atoms with van der Waals surface area (Å²) in [5.41, 5.74) is 7.17.